The molecule has 0 saturated heterocycles. The van der Waals surface area contributed by atoms with Crippen molar-refractivity contribution in [3.05, 3.63) is 0 Å². The van der Waals surface area contributed by atoms with Crippen LogP contribution in [0.25, 0.3) is 0 Å². The van der Waals surface area contributed by atoms with E-state index in [4.69, 9.17) is 5.11 Å². The SMILES string of the molecule is CC(=O)OC(=O)CCO.[Co]. The Morgan fingerprint density at radius 3 is 2.30 bits per heavy atom. The zero-order valence-electron chi connectivity index (χ0n) is 5.42. The first-order valence-corrected chi connectivity index (χ1v) is 2.49. The van der Waals surface area contributed by atoms with Gasteiger partial charge in [0.05, 0.1) is 13.0 Å². The fourth-order valence-corrected chi connectivity index (χ4v) is 0.303. The first-order chi connectivity index (χ1) is 4.16. The average Bonchev–Trinajstić information content (AvgIpc) is 1.63. The summed E-state index contributed by atoms with van der Waals surface area (Å²) in [4.78, 5) is 20.3. The Hall–Kier alpha value is -0.394. The van der Waals surface area contributed by atoms with E-state index in [0.717, 1.165) is 6.92 Å². The quantitative estimate of drug-likeness (QED) is 0.470. The molecule has 0 spiro atoms. The number of aliphatic hydroxyl groups excluding tert-OH is 1. The molecule has 0 aliphatic heterocycles. The molecule has 10 heavy (non-hydrogen) atoms. The molecule has 0 aromatic carbocycles. The molecule has 5 heteroatoms. The zero-order valence-corrected chi connectivity index (χ0v) is 6.46. The summed E-state index contributed by atoms with van der Waals surface area (Å²) in [6, 6.07) is 0. The Morgan fingerprint density at radius 2 is 2.00 bits per heavy atom. The second-order valence-corrected chi connectivity index (χ2v) is 1.44. The Labute approximate surface area is 68.7 Å². The van der Waals surface area contributed by atoms with Gasteiger partial charge in [-0.05, 0) is 0 Å². The van der Waals surface area contributed by atoms with Crippen molar-refractivity contribution in [2.24, 2.45) is 0 Å². The zero-order chi connectivity index (χ0) is 7.28. The summed E-state index contributed by atoms with van der Waals surface area (Å²) >= 11 is 0. The van der Waals surface area contributed by atoms with Gasteiger partial charge < -0.3 is 9.84 Å². The van der Waals surface area contributed by atoms with E-state index < -0.39 is 11.9 Å². The third-order valence-corrected chi connectivity index (χ3v) is 0.573. The van der Waals surface area contributed by atoms with E-state index in [-0.39, 0.29) is 29.8 Å². The Balaban J connectivity index is 0. The molecule has 0 aliphatic rings. The van der Waals surface area contributed by atoms with Crippen LogP contribution in [0.5, 0.6) is 0 Å². The smallest absolute Gasteiger partial charge is 0.315 e. The van der Waals surface area contributed by atoms with Crippen molar-refractivity contribution in [1.29, 1.82) is 0 Å². The van der Waals surface area contributed by atoms with Gasteiger partial charge in [-0.25, -0.2) is 0 Å². The van der Waals surface area contributed by atoms with Crippen molar-refractivity contribution in [3.8, 4) is 0 Å². The van der Waals surface area contributed by atoms with Crippen LogP contribution in [-0.4, -0.2) is 23.7 Å². The summed E-state index contributed by atoms with van der Waals surface area (Å²) in [7, 11) is 0. The van der Waals surface area contributed by atoms with Crippen LogP contribution < -0.4 is 0 Å². The number of hydrogen-bond donors (Lipinski definition) is 1. The van der Waals surface area contributed by atoms with E-state index in [2.05, 4.69) is 4.74 Å². The van der Waals surface area contributed by atoms with E-state index in [1.165, 1.54) is 0 Å². The molecule has 1 N–H and O–H groups in total. The number of carbonyl (C=O) groups excluding carboxylic acids is 2. The number of ether oxygens (including phenoxy) is 1. The molecule has 0 aliphatic carbocycles. The van der Waals surface area contributed by atoms with Crippen molar-refractivity contribution in [2.45, 2.75) is 13.3 Å². The maximum absolute atomic E-state index is 10.3. The summed E-state index contributed by atoms with van der Waals surface area (Å²) in [5.74, 6) is -1.33. The van der Waals surface area contributed by atoms with Gasteiger partial charge in [0.15, 0.2) is 0 Å². The van der Waals surface area contributed by atoms with Gasteiger partial charge in [-0.2, -0.15) is 0 Å². The van der Waals surface area contributed by atoms with Crippen LogP contribution in [0.2, 0.25) is 0 Å². The third-order valence-electron chi connectivity index (χ3n) is 0.573. The molecule has 4 nitrogen and oxygen atoms in total. The molecule has 0 fully saturated rings. The van der Waals surface area contributed by atoms with Crippen molar-refractivity contribution in [2.75, 3.05) is 6.61 Å². The monoisotopic (exact) mass is 191 g/mol. The topological polar surface area (TPSA) is 63.6 Å². The van der Waals surface area contributed by atoms with Crippen LogP contribution in [0.15, 0.2) is 0 Å². The normalized spacial score (nSPS) is 7.80. The molecule has 61 valence electrons. The summed E-state index contributed by atoms with van der Waals surface area (Å²) in [5, 5.41) is 8.14. The van der Waals surface area contributed by atoms with Crippen LogP contribution in [0.3, 0.4) is 0 Å². The van der Waals surface area contributed by atoms with E-state index in [1.54, 1.807) is 0 Å². The minimum Gasteiger partial charge on any atom is -0.396 e. The molecule has 0 rings (SSSR count). The van der Waals surface area contributed by atoms with Gasteiger partial charge in [0.2, 0.25) is 0 Å². The van der Waals surface area contributed by atoms with E-state index in [0.29, 0.717) is 0 Å². The van der Waals surface area contributed by atoms with Gasteiger partial charge in [-0.15, -0.1) is 0 Å². The molecule has 0 aromatic rings. The Bertz CT molecular complexity index is 123. The van der Waals surface area contributed by atoms with Gasteiger partial charge in [0, 0.05) is 23.7 Å². The van der Waals surface area contributed by atoms with Crippen LogP contribution in [-0.2, 0) is 31.1 Å². The molecular formula is C5H8CoO4. The largest absolute Gasteiger partial charge is 0.396 e. The van der Waals surface area contributed by atoms with Crippen LogP contribution in [0, 0.1) is 0 Å². The number of hydrogen-bond acceptors (Lipinski definition) is 4. The molecule has 0 bridgehead atoms. The summed E-state index contributed by atoms with van der Waals surface area (Å²) in [6.07, 6.45) is -0.125. The number of rotatable bonds is 2. The van der Waals surface area contributed by atoms with Gasteiger partial charge in [-0.1, -0.05) is 0 Å². The molecule has 1 radical (unpaired) electrons. The Morgan fingerprint density at radius 1 is 1.50 bits per heavy atom. The first-order valence-electron chi connectivity index (χ1n) is 2.49. The van der Waals surface area contributed by atoms with Gasteiger partial charge in [-0.3, -0.25) is 9.59 Å². The maximum Gasteiger partial charge on any atom is 0.315 e. The minimum atomic E-state index is -0.690. The van der Waals surface area contributed by atoms with E-state index in [1.807, 2.05) is 0 Å². The second-order valence-electron chi connectivity index (χ2n) is 1.44. The standard InChI is InChI=1S/C5H8O4.Co/c1-4(7)9-5(8)2-3-6;/h6H,2-3H2,1H3;. The molecular weight excluding hydrogens is 183 g/mol. The van der Waals surface area contributed by atoms with Crippen molar-refractivity contribution in [3.63, 3.8) is 0 Å². The van der Waals surface area contributed by atoms with Crippen LogP contribution >= 0.6 is 0 Å². The van der Waals surface area contributed by atoms with E-state index >= 15 is 0 Å². The minimum absolute atomic E-state index is 0. The van der Waals surface area contributed by atoms with Gasteiger partial charge >= 0.3 is 11.9 Å². The fourth-order valence-electron chi connectivity index (χ4n) is 0.303. The van der Waals surface area contributed by atoms with Crippen molar-refractivity contribution in [1.82, 2.24) is 0 Å². The number of carbonyl (C=O) groups is 2. The molecule has 0 heterocycles. The molecule has 0 unspecified atom stereocenters. The first kappa shape index (κ1) is 12.3. The predicted molar refractivity (Wildman–Crippen MR) is 28.5 cm³/mol. The van der Waals surface area contributed by atoms with Gasteiger partial charge in [0.1, 0.15) is 0 Å². The van der Waals surface area contributed by atoms with Crippen LogP contribution in [0.1, 0.15) is 13.3 Å². The summed E-state index contributed by atoms with van der Waals surface area (Å²) in [6.45, 7) is 0.849. The molecule has 0 atom stereocenters. The van der Waals surface area contributed by atoms with Crippen LogP contribution in [0.4, 0.5) is 0 Å². The molecule has 0 aromatic heterocycles. The maximum atomic E-state index is 10.3. The summed E-state index contributed by atoms with van der Waals surface area (Å²) < 4.78 is 4.05. The number of aliphatic hydroxyl groups is 1. The Kier molecular flexibility index (Phi) is 8.27. The average molecular weight is 191 g/mol. The predicted octanol–water partition coefficient (Wildman–Crippen LogP) is -0.544. The van der Waals surface area contributed by atoms with E-state index in [9.17, 15) is 9.59 Å². The third kappa shape index (κ3) is 7.61. The van der Waals surface area contributed by atoms with Crippen molar-refractivity contribution >= 4 is 11.9 Å². The second kappa shape index (κ2) is 6.72. The number of esters is 2. The molecule has 0 amide bonds. The fraction of sp³-hybridized carbons (Fsp3) is 0.600. The van der Waals surface area contributed by atoms with Gasteiger partial charge in [0.25, 0.3) is 0 Å². The summed E-state index contributed by atoms with van der Waals surface area (Å²) in [5.41, 5.74) is 0. The molecule has 0 saturated carbocycles. The van der Waals surface area contributed by atoms with Crippen molar-refractivity contribution < 1.29 is 36.2 Å².